The predicted molar refractivity (Wildman–Crippen MR) is 165 cm³/mol. The van der Waals surface area contributed by atoms with E-state index in [1.807, 2.05) is 23.1 Å². The lowest BCUT2D eigenvalue weighted by Crippen LogP contribution is -2.41. The maximum Gasteiger partial charge on any atom is 0.253 e. The maximum absolute atomic E-state index is 13.2. The smallest absolute Gasteiger partial charge is 0.253 e. The highest BCUT2D eigenvalue weighted by atomic mass is 16.5. The van der Waals surface area contributed by atoms with Gasteiger partial charge in [-0.15, -0.1) is 0 Å². The number of carbonyl (C=O) groups excluding carboxylic acids is 1. The molecule has 2 atom stereocenters. The van der Waals surface area contributed by atoms with Crippen LogP contribution in [0.1, 0.15) is 79.4 Å². The van der Waals surface area contributed by atoms with E-state index in [4.69, 9.17) is 4.74 Å². The van der Waals surface area contributed by atoms with Crippen LogP contribution in [0.2, 0.25) is 0 Å². The van der Waals surface area contributed by atoms with Gasteiger partial charge in [-0.1, -0.05) is 74.0 Å². The van der Waals surface area contributed by atoms with Gasteiger partial charge in [-0.25, -0.2) is 0 Å². The third-order valence-corrected chi connectivity index (χ3v) is 8.64. The zero-order valence-corrected chi connectivity index (χ0v) is 24.4. The average molecular weight is 537 g/mol. The first-order valence-electron chi connectivity index (χ1n) is 15.2. The standard InChI is InChI=1S/C36H44N2O2/c1-4-21-37(22-5-2)36(39)30-16-14-29(15-17-30)35(28-11-7-6-8-12-28)31-25-32-18-19-33(26-31)38(32)23-20-27-10-9-13-34(24-27)40-3/h6-17,24,32-33H,4-5,18-23,25-26H2,1-3H3. The molecule has 5 rings (SSSR count). The second-order valence-corrected chi connectivity index (χ2v) is 11.3. The van der Waals surface area contributed by atoms with Crippen molar-refractivity contribution in [1.82, 2.24) is 9.80 Å². The Morgan fingerprint density at radius 1 is 0.825 bits per heavy atom. The molecule has 0 aliphatic carbocycles. The maximum atomic E-state index is 13.2. The van der Waals surface area contributed by atoms with Crippen molar-refractivity contribution < 1.29 is 9.53 Å². The number of hydrogen-bond donors (Lipinski definition) is 0. The lowest BCUT2D eigenvalue weighted by atomic mass is 9.85. The summed E-state index contributed by atoms with van der Waals surface area (Å²) in [6.07, 6.45) is 7.77. The van der Waals surface area contributed by atoms with E-state index in [2.05, 4.69) is 79.4 Å². The zero-order valence-electron chi connectivity index (χ0n) is 24.4. The van der Waals surface area contributed by atoms with Gasteiger partial charge < -0.3 is 9.64 Å². The van der Waals surface area contributed by atoms with Crippen LogP contribution in [0, 0.1) is 0 Å². The molecule has 4 nitrogen and oxygen atoms in total. The largest absolute Gasteiger partial charge is 0.497 e. The fourth-order valence-corrected chi connectivity index (χ4v) is 6.76. The topological polar surface area (TPSA) is 32.8 Å². The van der Waals surface area contributed by atoms with Gasteiger partial charge in [0.15, 0.2) is 0 Å². The van der Waals surface area contributed by atoms with Gasteiger partial charge in [0.1, 0.15) is 5.75 Å². The molecule has 0 saturated carbocycles. The molecule has 2 saturated heterocycles. The number of carbonyl (C=O) groups is 1. The average Bonchev–Trinajstić information content (AvgIpc) is 3.23. The number of hydrogen-bond acceptors (Lipinski definition) is 3. The molecule has 4 heteroatoms. The highest BCUT2D eigenvalue weighted by molar-refractivity contribution is 5.95. The van der Waals surface area contributed by atoms with Crippen LogP contribution in [0.3, 0.4) is 0 Å². The van der Waals surface area contributed by atoms with E-state index < -0.39 is 0 Å². The second kappa shape index (κ2) is 13.3. The molecular weight excluding hydrogens is 492 g/mol. The minimum absolute atomic E-state index is 0.145. The van der Waals surface area contributed by atoms with E-state index in [0.717, 1.165) is 63.1 Å². The van der Waals surface area contributed by atoms with E-state index in [0.29, 0.717) is 12.1 Å². The molecule has 2 aliphatic rings. The van der Waals surface area contributed by atoms with Crippen molar-refractivity contribution in [3.05, 3.63) is 107 Å². The van der Waals surface area contributed by atoms with Crippen molar-refractivity contribution in [2.45, 2.75) is 70.9 Å². The molecule has 3 aromatic carbocycles. The molecule has 0 aromatic heterocycles. The molecule has 2 heterocycles. The molecule has 0 radical (unpaired) electrons. The molecule has 1 amide bonds. The van der Waals surface area contributed by atoms with Gasteiger partial charge in [0, 0.05) is 37.3 Å². The number of benzene rings is 3. The quantitative estimate of drug-likeness (QED) is 0.253. The van der Waals surface area contributed by atoms with Crippen LogP contribution in [0.25, 0.3) is 5.57 Å². The molecule has 2 bridgehead atoms. The minimum atomic E-state index is 0.145. The third-order valence-electron chi connectivity index (χ3n) is 8.64. The van der Waals surface area contributed by atoms with Crippen LogP contribution in [0.4, 0.5) is 0 Å². The molecule has 40 heavy (non-hydrogen) atoms. The molecule has 2 aliphatic heterocycles. The lowest BCUT2D eigenvalue weighted by Gasteiger charge is -2.37. The molecule has 2 fully saturated rings. The van der Waals surface area contributed by atoms with Crippen molar-refractivity contribution in [2.24, 2.45) is 0 Å². The van der Waals surface area contributed by atoms with E-state index >= 15 is 0 Å². The second-order valence-electron chi connectivity index (χ2n) is 11.3. The normalized spacial score (nSPS) is 18.5. The van der Waals surface area contributed by atoms with E-state index in [1.54, 1.807) is 12.7 Å². The van der Waals surface area contributed by atoms with Crippen LogP contribution in [-0.2, 0) is 6.42 Å². The number of ether oxygens (including phenoxy) is 1. The SMILES string of the molecule is CCCN(CCC)C(=O)c1ccc(C(=C2CC3CCC(C2)N3CCc2cccc(OC)c2)c2ccccc2)cc1. The van der Waals surface area contributed by atoms with Crippen LogP contribution >= 0.6 is 0 Å². The van der Waals surface area contributed by atoms with E-state index in [-0.39, 0.29) is 5.91 Å². The molecule has 3 aromatic rings. The van der Waals surface area contributed by atoms with Gasteiger partial charge in [0.25, 0.3) is 5.91 Å². The Balaban J connectivity index is 1.38. The van der Waals surface area contributed by atoms with Crippen LogP contribution < -0.4 is 4.74 Å². The van der Waals surface area contributed by atoms with Crippen molar-refractivity contribution in [2.75, 3.05) is 26.7 Å². The van der Waals surface area contributed by atoms with Gasteiger partial charge in [0.2, 0.25) is 0 Å². The fourth-order valence-electron chi connectivity index (χ4n) is 6.76. The van der Waals surface area contributed by atoms with Gasteiger partial charge in [-0.05, 0) is 91.5 Å². The Morgan fingerprint density at radius 3 is 2.08 bits per heavy atom. The summed E-state index contributed by atoms with van der Waals surface area (Å²) >= 11 is 0. The summed E-state index contributed by atoms with van der Waals surface area (Å²) in [5.41, 5.74) is 7.56. The number of fused-ring (bicyclic) bond motifs is 2. The van der Waals surface area contributed by atoms with E-state index in [1.165, 1.54) is 35.1 Å². The summed E-state index contributed by atoms with van der Waals surface area (Å²) in [7, 11) is 1.74. The number of methoxy groups -OCH3 is 1. The van der Waals surface area contributed by atoms with Gasteiger partial charge in [-0.3, -0.25) is 9.69 Å². The van der Waals surface area contributed by atoms with Crippen molar-refractivity contribution in [3.8, 4) is 5.75 Å². The van der Waals surface area contributed by atoms with Gasteiger partial charge in [0.05, 0.1) is 7.11 Å². The van der Waals surface area contributed by atoms with Crippen molar-refractivity contribution in [1.29, 1.82) is 0 Å². The first-order chi connectivity index (χ1) is 19.6. The minimum Gasteiger partial charge on any atom is -0.497 e. The summed E-state index contributed by atoms with van der Waals surface area (Å²) in [5, 5.41) is 0. The Hall–Kier alpha value is -3.37. The molecule has 0 spiro atoms. The number of amides is 1. The van der Waals surface area contributed by atoms with Crippen LogP contribution in [0.5, 0.6) is 5.75 Å². The first-order valence-corrected chi connectivity index (χ1v) is 15.2. The summed E-state index contributed by atoms with van der Waals surface area (Å²) in [6, 6.07) is 29.0. The monoisotopic (exact) mass is 536 g/mol. The summed E-state index contributed by atoms with van der Waals surface area (Å²) < 4.78 is 5.44. The Labute approximate surface area is 240 Å². The molecular formula is C36H44N2O2. The van der Waals surface area contributed by atoms with Gasteiger partial charge >= 0.3 is 0 Å². The first kappa shape index (κ1) is 28.2. The summed E-state index contributed by atoms with van der Waals surface area (Å²) in [6.45, 7) is 6.98. The van der Waals surface area contributed by atoms with Crippen LogP contribution in [-0.4, -0.2) is 54.5 Å². The Morgan fingerprint density at radius 2 is 1.45 bits per heavy atom. The third kappa shape index (κ3) is 6.33. The molecule has 2 unspecified atom stereocenters. The summed E-state index contributed by atoms with van der Waals surface area (Å²) in [4.78, 5) is 18.0. The highest BCUT2D eigenvalue weighted by Gasteiger charge is 2.39. The fraction of sp³-hybridized carbons (Fsp3) is 0.417. The Bertz CT molecular complexity index is 1280. The number of nitrogens with zero attached hydrogens (tertiary/aromatic N) is 2. The number of rotatable bonds is 11. The van der Waals surface area contributed by atoms with Crippen LogP contribution in [0.15, 0.2) is 84.4 Å². The van der Waals surface area contributed by atoms with Crippen molar-refractivity contribution in [3.63, 3.8) is 0 Å². The van der Waals surface area contributed by atoms with Gasteiger partial charge in [-0.2, -0.15) is 0 Å². The number of piperidine rings is 1. The Kier molecular flexibility index (Phi) is 9.38. The zero-order chi connectivity index (χ0) is 27.9. The lowest BCUT2D eigenvalue weighted by molar-refractivity contribution is 0.0755. The molecule has 0 N–H and O–H groups in total. The summed E-state index contributed by atoms with van der Waals surface area (Å²) in [5.74, 6) is 1.08. The van der Waals surface area contributed by atoms with E-state index in [9.17, 15) is 4.79 Å². The van der Waals surface area contributed by atoms with Crippen molar-refractivity contribution >= 4 is 11.5 Å². The molecule has 210 valence electrons. The predicted octanol–water partition coefficient (Wildman–Crippen LogP) is 7.63. The highest BCUT2D eigenvalue weighted by Crippen LogP contribution is 2.43.